The number of rotatable bonds is 7. The molecule has 0 amide bonds. The average Bonchev–Trinajstić information content (AvgIpc) is 2.37. The molecule has 0 saturated heterocycles. The number of hydrogen-bond donors (Lipinski definition) is 1. The van der Waals surface area contributed by atoms with E-state index in [0.717, 1.165) is 30.2 Å². The van der Waals surface area contributed by atoms with Crippen molar-refractivity contribution in [3.8, 4) is 11.5 Å². The number of methoxy groups -OCH3 is 1. The van der Waals surface area contributed by atoms with E-state index in [9.17, 15) is 0 Å². The van der Waals surface area contributed by atoms with Crippen molar-refractivity contribution in [2.45, 2.75) is 20.8 Å². The zero-order valence-corrected chi connectivity index (χ0v) is 11.7. The summed E-state index contributed by atoms with van der Waals surface area (Å²) in [6, 6.07) is 5.95. The third-order valence-corrected chi connectivity index (χ3v) is 2.57. The molecule has 0 fully saturated rings. The van der Waals surface area contributed by atoms with Crippen LogP contribution in [0.15, 0.2) is 23.8 Å². The summed E-state index contributed by atoms with van der Waals surface area (Å²) in [5, 5.41) is 3.31. The molecule has 0 atom stereocenters. The van der Waals surface area contributed by atoms with E-state index in [4.69, 9.17) is 9.47 Å². The summed E-state index contributed by atoms with van der Waals surface area (Å²) in [4.78, 5) is 0. The van der Waals surface area contributed by atoms with E-state index < -0.39 is 0 Å². The summed E-state index contributed by atoms with van der Waals surface area (Å²) in [5.74, 6) is 1.60. The first-order chi connectivity index (χ1) is 8.72. The standard InChI is InChI=1S/C15H23NO2/c1-5-16-11-12(3)10-13-8-7-9-14(18-6-2)15(13)17-4/h7-10,16H,5-6,11H2,1-4H3. The van der Waals surface area contributed by atoms with Crippen molar-refractivity contribution in [1.82, 2.24) is 5.32 Å². The lowest BCUT2D eigenvalue weighted by atomic mass is 10.1. The largest absolute Gasteiger partial charge is 0.492 e. The lowest BCUT2D eigenvalue weighted by molar-refractivity contribution is 0.310. The van der Waals surface area contributed by atoms with Crippen LogP contribution in [0.2, 0.25) is 0 Å². The molecule has 3 nitrogen and oxygen atoms in total. The van der Waals surface area contributed by atoms with E-state index in [1.807, 2.05) is 25.1 Å². The fourth-order valence-electron chi connectivity index (χ4n) is 1.77. The van der Waals surface area contributed by atoms with Gasteiger partial charge in [0, 0.05) is 12.1 Å². The zero-order chi connectivity index (χ0) is 13.4. The minimum Gasteiger partial charge on any atom is -0.492 e. The number of ether oxygens (including phenoxy) is 2. The van der Waals surface area contributed by atoms with Crippen molar-refractivity contribution in [2.75, 3.05) is 26.8 Å². The van der Waals surface area contributed by atoms with Gasteiger partial charge in [-0.1, -0.05) is 30.7 Å². The van der Waals surface area contributed by atoms with Crippen molar-refractivity contribution < 1.29 is 9.47 Å². The molecular weight excluding hydrogens is 226 g/mol. The monoisotopic (exact) mass is 249 g/mol. The van der Waals surface area contributed by atoms with Gasteiger partial charge in [-0.15, -0.1) is 0 Å². The van der Waals surface area contributed by atoms with Crippen LogP contribution in [-0.2, 0) is 0 Å². The maximum atomic E-state index is 5.56. The molecule has 0 bridgehead atoms. The molecule has 18 heavy (non-hydrogen) atoms. The van der Waals surface area contributed by atoms with Gasteiger partial charge in [0.05, 0.1) is 13.7 Å². The molecule has 0 heterocycles. The van der Waals surface area contributed by atoms with Crippen LogP contribution in [0.4, 0.5) is 0 Å². The van der Waals surface area contributed by atoms with Gasteiger partial charge < -0.3 is 14.8 Å². The highest BCUT2D eigenvalue weighted by atomic mass is 16.5. The van der Waals surface area contributed by atoms with Crippen molar-refractivity contribution in [3.05, 3.63) is 29.3 Å². The molecule has 0 unspecified atom stereocenters. The first-order valence-electron chi connectivity index (χ1n) is 6.40. The molecule has 0 aliphatic rings. The molecule has 0 aromatic heterocycles. The van der Waals surface area contributed by atoms with Gasteiger partial charge in [0.15, 0.2) is 11.5 Å². The Kier molecular flexibility index (Phi) is 6.29. The lowest BCUT2D eigenvalue weighted by Gasteiger charge is -2.12. The van der Waals surface area contributed by atoms with E-state index >= 15 is 0 Å². The summed E-state index contributed by atoms with van der Waals surface area (Å²) in [7, 11) is 1.68. The van der Waals surface area contributed by atoms with Crippen LogP contribution in [-0.4, -0.2) is 26.8 Å². The number of para-hydroxylation sites is 1. The highest BCUT2D eigenvalue weighted by molar-refractivity contribution is 5.64. The molecule has 0 aliphatic heterocycles. The Morgan fingerprint density at radius 1 is 1.33 bits per heavy atom. The molecule has 1 rings (SSSR count). The third kappa shape index (κ3) is 4.08. The van der Waals surface area contributed by atoms with Crippen LogP contribution < -0.4 is 14.8 Å². The molecule has 1 N–H and O–H groups in total. The minimum atomic E-state index is 0.639. The quantitative estimate of drug-likeness (QED) is 0.805. The number of benzene rings is 1. The molecule has 100 valence electrons. The van der Waals surface area contributed by atoms with Gasteiger partial charge in [0.25, 0.3) is 0 Å². The Labute approximate surface area is 110 Å². The molecule has 1 aromatic carbocycles. The molecular formula is C15H23NO2. The van der Waals surface area contributed by atoms with Crippen LogP contribution in [0.3, 0.4) is 0 Å². The molecule has 1 aromatic rings. The Morgan fingerprint density at radius 3 is 2.72 bits per heavy atom. The normalized spacial score (nSPS) is 11.4. The Balaban J connectivity index is 2.97. The average molecular weight is 249 g/mol. The van der Waals surface area contributed by atoms with E-state index in [-0.39, 0.29) is 0 Å². The van der Waals surface area contributed by atoms with Crippen molar-refractivity contribution in [2.24, 2.45) is 0 Å². The highest BCUT2D eigenvalue weighted by Gasteiger charge is 2.08. The Morgan fingerprint density at radius 2 is 2.11 bits per heavy atom. The SMILES string of the molecule is CCNCC(C)=Cc1cccc(OCC)c1OC. The summed E-state index contributed by atoms with van der Waals surface area (Å²) in [5.41, 5.74) is 2.32. The Bertz CT molecular complexity index is 399. The van der Waals surface area contributed by atoms with Crippen molar-refractivity contribution in [1.29, 1.82) is 0 Å². The minimum absolute atomic E-state index is 0.639. The van der Waals surface area contributed by atoms with Gasteiger partial charge in [-0.3, -0.25) is 0 Å². The first kappa shape index (κ1) is 14.6. The van der Waals surface area contributed by atoms with Crippen molar-refractivity contribution >= 4 is 6.08 Å². The van der Waals surface area contributed by atoms with Gasteiger partial charge >= 0.3 is 0 Å². The van der Waals surface area contributed by atoms with Crippen LogP contribution in [0, 0.1) is 0 Å². The topological polar surface area (TPSA) is 30.5 Å². The highest BCUT2D eigenvalue weighted by Crippen LogP contribution is 2.32. The van der Waals surface area contributed by atoms with E-state index in [1.165, 1.54) is 5.57 Å². The summed E-state index contributed by atoms with van der Waals surface area (Å²) >= 11 is 0. The lowest BCUT2D eigenvalue weighted by Crippen LogP contribution is -2.14. The molecule has 0 aliphatic carbocycles. The predicted octanol–water partition coefficient (Wildman–Crippen LogP) is 3.11. The molecule has 0 spiro atoms. The van der Waals surface area contributed by atoms with E-state index in [2.05, 4.69) is 25.2 Å². The predicted molar refractivity (Wildman–Crippen MR) is 76.4 cm³/mol. The van der Waals surface area contributed by atoms with Gasteiger partial charge in [-0.25, -0.2) is 0 Å². The van der Waals surface area contributed by atoms with Gasteiger partial charge in [-0.2, -0.15) is 0 Å². The number of nitrogens with one attached hydrogen (secondary N) is 1. The fourth-order valence-corrected chi connectivity index (χ4v) is 1.77. The zero-order valence-electron chi connectivity index (χ0n) is 11.7. The van der Waals surface area contributed by atoms with E-state index in [0.29, 0.717) is 6.61 Å². The maximum absolute atomic E-state index is 5.56. The molecule has 0 radical (unpaired) electrons. The second kappa shape index (κ2) is 7.77. The van der Waals surface area contributed by atoms with Crippen LogP contribution in [0.5, 0.6) is 11.5 Å². The fraction of sp³-hybridized carbons (Fsp3) is 0.467. The van der Waals surface area contributed by atoms with Gasteiger partial charge in [-0.05, 0) is 26.5 Å². The van der Waals surface area contributed by atoms with Crippen LogP contribution in [0.1, 0.15) is 26.3 Å². The Hall–Kier alpha value is -1.48. The summed E-state index contributed by atoms with van der Waals surface area (Å²) in [6.07, 6.45) is 2.13. The second-order valence-corrected chi connectivity index (χ2v) is 4.08. The molecule has 0 saturated carbocycles. The van der Waals surface area contributed by atoms with E-state index in [1.54, 1.807) is 7.11 Å². The first-order valence-corrected chi connectivity index (χ1v) is 6.40. The number of likely N-dealkylation sites (N-methyl/N-ethyl adjacent to an activating group) is 1. The number of hydrogen-bond acceptors (Lipinski definition) is 3. The van der Waals surface area contributed by atoms with Crippen LogP contribution >= 0.6 is 0 Å². The van der Waals surface area contributed by atoms with Crippen molar-refractivity contribution in [3.63, 3.8) is 0 Å². The summed E-state index contributed by atoms with van der Waals surface area (Å²) < 4.78 is 11.0. The second-order valence-electron chi connectivity index (χ2n) is 4.08. The van der Waals surface area contributed by atoms with Crippen LogP contribution in [0.25, 0.3) is 6.08 Å². The molecule has 3 heteroatoms. The maximum Gasteiger partial charge on any atom is 0.167 e. The summed E-state index contributed by atoms with van der Waals surface area (Å²) in [6.45, 7) is 8.68. The smallest absolute Gasteiger partial charge is 0.167 e. The van der Waals surface area contributed by atoms with Gasteiger partial charge in [0.2, 0.25) is 0 Å². The third-order valence-electron chi connectivity index (χ3n) is 2.57. The van der Waals surface area contributed by atoms with Gasteiger partial charge in [0.1, 0.15) is 0 Å².